The molecule has 36 heavy (non-hydrogen) atoms. The van der Waals surface area contributed by atoms with Crippen LogP contribution in [0.3, 0.4) is 0 Å². The molecule has 2 aromatic carbocycles. The summed E-state index contributed by atoms with van der Waals surface area (Å²) in [6.45, 7) is 0. The zero-order valence-corrected chi connectivity index (χ0v) is 20.5. The largest absolute Gasteiger partial charge is 0.325 e. The molecule has 186 valence electrons. The molecule has 2 N–H and O–H groups in total. The van der Waals surface area contributed by atoms with Crippen LogP contribution in [-0.4, -0.2) is 23.8 Å². The van der Waals surface area contributed by atoms with Gasteiger partial charge in [0.25, 0.3) is 0 Å². The Bertz CT molecular complexity index is 1260. The Morgan fingerprint density at radius 1 is 1.11 bits per heavy atom. The molecule has 1 amide bonds. The number of carbonyl (C=O) groups excluding carboxylic acids is 2. The summed E-state index contributed by atoms with van der Waals surface area (Å²) in [4.78, 5) is 25.7. The Labute approximate surface area is 211 Å². The van der Waals surface area contributed by atoms with Crippen LogP contribution in [0.1, 0.15) is 68.9 Å². The Morgan fingerprint density at radius 2 is 1.89 bits per heavy atom. The van der Waals surface area contributed by atoms with E-state index >= 15 is 4.39 Å². The molecule has 2 aromatic rings. The van der Waals surface area contributed by atoms with Gasteiger partial charge in [0.1, 0.15) is 5.82 Å². The third-order valence-corrected chi connectivity index (χ3v) is 9.11. The summed E-state index contributed by atoms with van der Waals surface area (Å²) in [5.74, 6) is -0.330. The van der Waals surface area contributed by atoms with E-state index in [-0.39, 0.29) is 36.4 Å². The summed E-state index contributed by atoms with van der Waals surface area (Å²) in [7, 11) is 0. The van der Waals surface area contributed by atoms with Crippen molar-refractivity contribution in [1.82, 2.24) is 5.32 Å². The third kappa shape index (κ3) is 3.94. The standard InChI is InChI=1S/C30H32FN3O2/c31-25-16-20(19-7-9-26-24(15-19)30(29(36)34-26)10-2-1-3-11-30)4-5-21(25)12-18(17-32)13-27(35)28-22-6-8-23(14-22)33-28/h4-5,7,9,15-16,18,22-23,28,33H,1-3,6,8,10-14H2,(H,34,36)/t18-,22+,23-,28+/m1/s1. The maximum Gasteiger partial charge on any atom is 0.235 e. The van der Waals surface area contributed by atoms with Gasteiger partial charge in [-0.25, -0.2) is 4.39 Å². The fourth-order valence-corrected chi connectivity index (χ4v) is 7.15. The van der Waals surface area contributed by atoms with Gasteiger partial charge in [0.15, 0.2) is 5.78 Å². The van der Waals surface area contributed by atoms with Gasteiger partial charge in [0.05, 0.1) is 23.4 Å². The number of fused-ring (bicyclic) bond motifs is 4. The third-order valence-electron chi connectivity index (χ3n) is 9.11. The molecule has 2 aliphatic carbocycles. The van der Waals surface area contributed by atoms with Crippen molar-refractivity contribution in [3.05, 3.63) is 53.3 Å². The SMILES string of the molecule is N#C[C@@H](CC(=O)[C@H]1N[C@@H]2CC[C@H]1C2)Cc1ccc(-c2ccc3c(c2)C2(CCCCC2)C(=O)N3)cc1F. The number of Topliss-reactive ketones (excluding diaryl/α,β-unsaturated/α-hetero) is 1. The normalized spacial score (nSPS) is 26.4. The van der Waals surface area contributed by atoms with Gasteiger partial charge in [0, 0.05) is 18.2 Å². The monoisotopic (exact) mass is 485 g/mol. The summed E-state index contributed by atoms with van der Waals surface area (Å²) in [5.41, 5.74) is 3.54. The molecule has 1 spiro atoms. The molecule has 6 rings (SSSR count). The number of carbonyl (C=O) groups is 2. The fraction of sp³-hybridized carbons (Fsp3) is 0.500. The Balaban J connectivity index is 1.18. The zero-order chi connectivity index (χ0) is 24.9. The van der Waals surface area contributed by atoms with Crippen LogP contribution in [0.15, 0.2) is 36.4 Å². The van der Waals surface area contributed by atoms with E-state index < -0.39 is 11.3 Å². The molecule has 2 saturated carbocycles. The minimum atomic E-state index is -0.540. The van der Waals surface area contributed by atoms with Crippen molar-refractivity contribution in [2.75, 3.05) is 5.32 Å². The molecule has 2 aliphatic heterocycles. The number of amides is 1. The number of rotatable bonds is 6. The van der Waals surface area contributed by atoms with Crippen molar-refractivity contribution >= 4 is 17.4 Å². The zero-order valence-electron chi connectivity index (χ0n) is 20.5. The number of nitriles is 1. The second kappa shape index (κ2) is 9.12. The van der Waals surface area contributed by atoms with Crippen molar-refractivity contribution in [2.45, 2.75) is 81.7 Å². The highest BCUT2D eigenvalue weighted by Gasteiger charge is 2.47. The quantitative estimate of drug-likeness (QED) is 0.572. The molecule has 1 saturated heterocycles. The van der Waals surface area contributed by atoms with E-state index in [1.165, 1.54) is 6.07 Å². The van der Waals surface area contributed by atoms with Gasteiger partial charge in [-0.1, -0.05) is 37.5 Å². The highest BCUT2D eigenvalue weighted by molar-refractivity contribution is 6.06. The number of anilines is 1. The summed E-state index contributed by atoms with van der Waals surface area (Å²) >= 11 is 0. The molecular formula is C30H32FN3O2. The maximum atomic E-state index is 15.2. The van der Waals surface area contributed by atoms with Gasteiger partial charge in [0.2, 0.25) is 5.91 Å². The summed E-state index contributed by atoms with van der Waals surface area (Å²) in [6, 6.07) is 13.6. The Morgan fingerprint density at radius 3 is 2.58 bits per heavy atom. The minimum absolute atomic E-state index is 0.0868. The Hall–Kier alpha value is -3.04. The van der Waals surface area contributed by atoms with Crippen LogP contribution in [-0.2, 0) is 21.4 Å². The number of nitrogens with one attached hydrogen (secondary N) is 2. The van der Waals surface area contributed by atoms with Crippen LogP contribution in [0.25, 0.3) is 11.1 Å². The molecule has 6 heteroatoms. The van der Waals surface area contributed by atoms with Crippen LogP contribution in [0.5, 0.6) is 0 Å². The fourth-order valence-electron chi connectivity index (χ4n) is 7.15. The van der Waals surface area contributed by atoms with Crippen molar-refractivity contribution in [3.8, 4) is 17.2 Å². The first-order valence-electron chi connectivity index (χ1n) is 13.4. The summed E-state index contributed by atoms with van der Waals surface area (Å²) in [5, 5.41) is 16.1. The first kappa shape index (κ1) is 23.4. The van der Waals surface area contributed by atoms with Gasteiger partial charge >= 0.3 is 0 Å². The average molecular weight is 486 g/mol. The summed E-state index contributed by atoms with van der Waals surface area (Å²) < 4.78 is 15.2. The molecule has 0 unspecified atom stereocenters. The first-order valence-corrected chi connectivity index (χ1v) is 13.4. The summed E-state index contributed by atoms with van der Waals surface area (Å²) in [6.07, 6.45) is 8.60. The van der Waals surface area contributed by atoms with E-state index in [1.54, 1.807) is 6.07 Å². The van der Waals surface area contributed by atoms with Gasteiger partial charge < -0.3 is 10.6 Å². The first-order chi connectivity index (χ1) is 17.5. The molecule has 4 atom stereocenters. The molecule has 2 heterocycles. The highest BCUT2D eigenvalue weighted by Crippen LogP contribution is 2.48. The number of benzene rings is 2. The average Bonchev–Trinajstić information content (AvgIpc) is 3.60. The second-order valence-electron chi connectivity index (χ2n) is 11.3. The maximum absolute atomic E-state index is 15.2. The van der Waals surface area contributed by atoms with Crippen LogP contribution in [0, 0.1) is 29.0 Å². The van der Waals surface area contributed by atoms with E-state index in [9.17, 15) is 14.9 Å². The van der Waals surface area contributed by atoms with Crippen LogP contribution in [0.2, 0.25) is 0 Å². The topological polar surface area (TPSA) is 82.0 Å². The van der Waals surface area contributed by atoms with Crippen molar-refractivity contribution in [1.29, 1.82) is 5.26 Å². The van der Waals surface area contributed by atoms with Crippen LogP contribution in [0.4, 0.5) is 10.1 Å². The molecular weight excluding hydrogens is 453 g/mol. The second-order valence-corrected chi connectivity index (χ2v) is 11.3. The lowest BCUT2D eigenvalue weighted by Crippen LogP contribution is -2.42. The predicted octanol–water partition coefficient (Wildman–Crippen LogP) is 5.43. The van der Waals surface area contributed by atoms with E-state index in [4.69, 9.17) is 0 Å². The molecule has 0 aromatic heterocycles. The number of halogens is 1. The lowest BCUT2D eigenvalue weighted by atomic mass is 9.70. The number of hydrogen-bond acceptors (Lipinski definition) is 4. The number of ketones is 1. The van der Waals surface area contributed by atoms with Crippen molar-refractivity contribution in [2.24, 2.45) is 11.8 Å². The van der Waals surface area contributed by atoms with Gasteiger partial charge in [-0.2, -0.15) is 5.26 Å². The van der Waals surface area contributed by atoms with Gasteiger partial charge in [-0.05, 0) is 84.9 Å². The van der Waals surface area contributed by atoms with Gasteiger partial charge in [-0.3, -0.25) is 9.59 Å². The van der Waals surface area contributed by atoms with E-state index in [2.05, 4.69) is 16.7 Å². The van der Waals surface area contributed by atoms with Crippen LogP contribution >= 0.6 is 0 Å². The lowest BCUT2D eigenvalue weighted by molar-refractivity contribution is -0.123. The molecule has 0 radical (unpaired) electrons. The van der Waals surface area contributed by atoms with Gasteiger partial charge in [-0.15, -0.1) is 0 Å². The van der Waals surface area contributed by atoms with E-state index in [0.717, 1.165) is 73.7 Å². The lowest BCUT2D eigenvalue weighted by Gasteiger charge is -2.31. The van der Waals surface area contributed by atoms with E-state index in [0.29, 0.717) is 17.5 Å². The molecule has 5 nitrogen and oxygen atoms in total. The predicted molar refractivity (Wildman–Crippen MR) is 136 cm³/mol. The molecule has 4 aliphatic rings. The van der Waals surface area contributed by atoms with Crippen molar-refractivity contribution in [3.63, 3.8) is 0 Å². The molecule has 3 fully saturated rings. The number of piperidine rings is 1. The minimum Gasteiger partial charge on any atom is -0.325 e. The highest BCUT2D eigenvalue weighted by atomic mass is 19.1. The Kier molecular flexibility index (Phi) is 5.92. The number of nitrogens with zero attached hydrogens (tertiary/aromatic N) is 1. The van der Waals surface area contributed by atoms with Crippen LogP contribution < -0.4 is 10.6 Å². The molecule has 2 bridgehead atoms. The smallest absolute Gasteiger partial charge is 0.235 e. The number of hydrogen-bond donors (Lipinski definition) is 2. The van der Waals surface area contributed by atoms with E-state index in [1.807, 2.05) is 24.3 Å². The van der Waals surface area contributed by atoms with Crippen molar-refractivity contribution < 1.29 is 14.0 Å².